The van der Waals surface area contributed by atoms with Gasteiger partial charge in [-0.1, -0.05) is 66.7 Å². The molecule has 1 saturated carbocycles. The van der Waals surface area contributed by atoms with E-state index in [1.807, 2.05) is 12.1 Å². The van der Waals surface area contributed by atoms with Crippen LogP contribution in [0.2, 0.25) is 0 Å². The van der Waals surface area contributed by atoms with E-state index in [1.54, 1.807) is 6.07 Å². The van der Waals surface area contributed by atoms with Gasteiger partial charge >= 0.3 is 0 Å². The zero-order valence-corrected chi connectivity index (χ0v) is 23.1. The number of phenols is 1. The molecule has 3 N–H and O–H groups in total. The molecule has 3 heterocycles. The van der Waals surface area contributed by atoms with Crippen molar-refractivity contribution in [2.75, 3.05) is 13.1 Å². The summed E-state index contributed by atoms with van der Waals surface area (Å²) < 4.78 is 6.85. The van der Waals surface area contributed by atoms with Gasteiger partial charge in [0.15, 0.2) is 17.6 Å². The number of nitrogens with one attached hydrogen (secondary N) is 1. The van der Waals surface area contributed by atoms with E-state index in [-0.39, 0.29) is 17.8 Å². The van der Waals surface area contributed by atoms with Crippen molar-refractivity contribution >= 4 is 5.84 Å². The van der Waals surface area contributed by atoms with Gasteiger partial charge in [-0.2, -0.15) is 0 Å². The quantitative estimate of drug-likeness (QED) is 0.429. The van der Waals surface area contributed by atoms with Crippen LogP contribution in [0.15, 0.2) is 89.1 Å². The molecule has 2 fully saturated rings. The van der Waals surface area contributed by atoms with Gasteiger partial charge < -0.3 is 20.3 Å². The lowest BCUT2D eigenvalue weighted by Gasteiger charge is -2.64. The van der Waals surface area contributed by atoms with E-state index >= 15 is 0 Å². The Bertz CT molecular complexity index is 1610. The SMILES string of the molecule is Oc1ccc2c3c1O[C@H]1C4=C(C[C@@]5(O)[C@H](C2)N(CC2CC2)CC[C@]315)C(c1ccccc1)N=C(Cc1ccccc1)N4. The Morgan fingerprint density at radius 3 is 2.56 bits per heavy atom. The first-order valence-electron chi connectivity index (χ1n) is 15.2. The maximum absolute atomic E-state index is 13.2. The second-order valence-electron chi connectivity index (χ2n) is 13.0. The molecular weight excluding hydrogens is 510 g/mol. The van der Waals surface area contributed by atoms with Crippen LogP contribution in [0.3, 0.4) is 0 Å². The highest BCUT2D eigenvalue weighted by atomic mass is 16.5. The van der Waals surface area contributed by atoms with Crippen molar-refractivity contribution in [1.29, 1.82) is 0 Å². The molecule has 3 aliphatic carbocycles. The largest absolute Gasteiger partial charge is 0.504 e. The van der Waals surface area contributed by atoms with Gasteiger partial charge in [-0.3, -0.25) is 9.89 Å². The molecule has 9 rings (SSSR count). The van der Waals surface area contributed by atoms with E-state index in [1.165, 1.54) is 24.0 Å². The van der Waals surface area contributed by atoms with Gasteiger partial charge in [-0.05, 0) is 66.5 Å². The molecule has 0 amide bonds. The fourth-order valence-electron chi connectivity index (χ4n) is 8.82. The highest BCUT2D eigenvalue weighted by molar-refractivity contribution is 5.88. The summed E-state index contributed by atoms with van der Waals surface area (Å²) in [7, 11) is 0. The highest BCUT2D eigenvalue weighted by Gasteiger charge is 2.73. The molecule has 41 heavy (non-hydrogen) atoms. The number of aliphatic hydroxyl groups is 1. The molecule has 1 unspecified atom stereocenters. The molecule has 3 aromatic carbocycles. The monoisotopic (exact) mass is 545 g/mol. The Kier molecular flexibility index (Phi) is 4.96. The molecule has 208 valence electrons. The number of hydrogen-bond acceptors (Lipinski definition) is 6. The van der Waals surface area contributed by atoms with Crippen LogP contribution < -0.4 is 10.1 Å². The molecule has 0 radical (unpaired) electrons. The maximum Gasteiger partial charge on any atom is 0.166 e. The molecule has 5 atom stereocenters. The number of fused-ring (bicyclic) bond motifs is 1. The predicted octanol–water partition coefficient (Wildman–Crippen LogP) is 4.81. The molecular formula is C35H35N3O3. The average molecular weight is 546 g/mol. The fraction of sp³-hybridized carbons (Fsp3) is 0.400. The number of amidine groups is 1. The van der Waals surface area contributed by atoms with Crippen molar-refractivity contribution in [2.24, 2.45) is 10.9 Å². The molecule has 3 aliphatic heterocycles. The number of likely N-dealkylation sites (tertiary alicyclic amines) is 1. The average Bonchev–Trinajstić information content (AvgIpc) is 3.73. The number of piperidine rings is 1. The van der Waals surface area contributed by atoms with Crippen LogP contribution >= 0.6 is 0 Å². The third-order valence-corrected chi connectivity index (χ3v) is 10.8. The fourth-order valence-corrected chi connectivity index (χ4v) is 8.82. The number of ether oxygens (including phenoxy) is 1. The summed E-state index contributed by atoms with van der Waals surface area (Å²) in [6.45, 7) is 1.99. The van der Waals surface area contributed by atoms with Gasteiger partial charge in [0.2, 0.25) is 0 Å². The van der Waals surface area contributed by atoms with Gasteiger partial charge in [-0.15, -0.1) is 0 Å². The molecule has 1 saturated heterocycles. The number of aromatic hydroxyl groups is 1. The van der Waals surface area contributed by atoms with Gasteiger partial charge in [0.05, 0.1) is 16.7 Å². The number of nitrogens with zero attached hydrogens (tertiary/aromatic N) is 2. The van der Waals surface area contributed by atoms with Gasteiger partial charge in [0.1, 0.15) is 11.9 Å². The zero-order valence-electron chi connectivity index (χ0n) is 23.1. The number of hydrogen-bond donors (Lipinski definition) is 3. The molecule has 0 aromatic heterocycles. The van der Waals surface area contributed by atoms with Crippen LogP contribution in [0.5, 0.6) is 11.5 Å². The second-order valence-corrected chi connectivity index (χ2v) is 13.0. The standard InChI is InChI=1S/C35H35N3O3/c39-26-14-13-24-18-27-35(40)19-25-30(23-9-5-2-6-10-23)36-28(17-21-7-3-1-4-8-21)37-31(25)33-34(35,29(24)32(26)41-33)15-16-38(27)20-22-11-12-22/h1-10,13-14,22,27,30,33,39-40H,11-12,15-20H2,(H,36,37)/t27-,30?,33-,34-,35+/m0/s1. The van der Waals surface area contributed by atoms with Crippen molar-refractivity contribution in [1.82, 2.24) is 10.2 Å². The van der Waals surface area contributed by atoms with Crippen molar-refractivity contribution in [2.45, 2.75) is 67.7 Å². The first kappa shape index (κ1) is 24.0. The van der Waals surface area contributed by atoms with Crippen molar-refractivity contribution in [3.05, 3.63) is 106 Å². The number of benzene rings is 3. The number of aliphatic imine (C=N–C) groups is 1. The summed E-state index contributed by atoms with van der Waals surface area (Å²) in [4.78, 5) is 7.90. The predicted molar refractivity (Wildman–Crippen MR) is 157 cm³/mol. The first-order chi connectivity index (χ1) is 20.0. The molecule has 3 aromatic rings. The van der Waals surface area contributed by atoms with E-state index < -0.39 is 17.1 Å². The summed E-state index contributed by atoms with van der Waals surface area (Å²) in [5.74, 6) is 2.40. The Morgan fingerprint density at radius 1 is 1.00 bits per heavy atom. The summed E-state index contributed by atoms with van der Waals surface area (Å²) >= 11 is 0. The third kappa shape index (κ3) is 3.29. The first-order valence-corrected chi connectivity index (χ1v) is 15.2. The van der Waals surface area contributed by atoms with Crippen molar-refractivity contribution in [3.8, 4) is 11.5 Å². The van der Waals surface area contributed by atoms with Crippen molar-refractivity contribution < 1.29 is 14.9 Å². The highest BCUT2D eigenvalue weighted by Crippen LogP contribution is 2.67. The minimum absolute atomic E-state index is 0.00566. The van der Waals surface area contributed by atoms with Crippen LogP contribution in [0.1, 0.15) is 54.0 Å². The molecule has 6 aliphatic rings. The molecule has 1 spiro atoms. The van der Waals surface area contributed by atoms with E-state index in [0.717, 1.165) is 60.1 Å². The third-order valence-electron chi connectivity index (χ3n) is 10.8. The number of rotatable bonds is 5. The van der Waals surface area contributed by atoms with Gasteiger partial charge in [0.25, 0.3) is 0 Å². The van der Waals surface area contributed by atoms with Crippen LogP contribution in [0.4, 0.5) is 0 Å². The normalized spacial score (nSPS) is 32.9. The molecule has 6 heteroatoms. The van der Waals surface area contributed by atoms with Crippen molar-refractivity contribution in [3.63, 3.8) is 0 Å². The van der Waals surface area contributed by atoms with Crippen LogP contribution in [-0.2, 0) is 18.3 Å². The summed E-state index contributed by atoms with van der Waals surface area (Å²) in [6.07, 6.45) is 4.99. The molecule has 6 nitrogen and oxygen atoms in total. The summed E-state index contributed by atoms with van der Waals surface area (Å²) in [5, 5.41) is 28.0. The smallest absolute Gasteiger partial charge is 0.166 e. The lowest BCUT2D eigenvalue weighted by atomic mass is 9.48. The summed E-state index contributed by atoms with van der Waals surface area (Å²) in [6, 6.07) is 24.6. The van der Waals surface area contributed by atoms with Crippen LogP contribution in [0, 0.1) is 5.92 Å². The van der Waals surface area contributed by atoms with Gasteiger partial charge in [0, 0.05) is 31.0 Å². The maximum atomic E-state index is 13.2. The Balaban J connectivity index is 1.23. The lowest BCUT2D eigenvalue weighted by Crippen LogP contribution is -2.76. The van der Waals surface area contributed by atoms with Crippen LogP contribution in [0.25, 0.3) is 0 Å². The molecule has 2 bridgehead atoms. The Labute approximate surface area is 240 Å². The minimum atomic E-state index is -1.02. The van der Waals surface area contributed by atoms with E-state index in [4.69, 9.17) is 9.73 Å². The lowest BCUT2D eigenvalue weighted by molar-refractivity contribution is -0.167. The number of phenolic OH excluding ortho intramolecular Hbond substituents is 1. The Hall–Kier alpha value is -3.61. The Morgan fingerprint density at radius 2 is 1.78 bits per heavy atom. The van der Waals surface area contributed by atoms with Gasteiger partial charge in [-0.25, -0.2) is 0 Å². The topological polar surface area (TPSA) is 77.3 Å². The summed E-state index contributed by atoms with van der Waals surface area (Å²) in [5.41, 5.74) is 5.10. The second kappa shape index (κ2) is 8.46. The van der Waals surface area contributed by atoms with E-state index in [0.29, 0.717) is 18.6 Å². The van der Waals surface area contributed by atoms with E-state index in [2.05, 4.69) is 64.8 Å². The van der Waals surface area contributed by atoms with Crippen LogP contribution in [-0.4, -0.2) is 51.8 Å². The van der Waals surface area contributed by atoms with E-state index in [9.17, 15) is 10.2 Å². The minimum Gasteiger partial charge on any atom is -0.504 e. The zero-order chi connectivity index (χ0) is 27.3.